The van der Waals surface area contributed by atoms with E-state index in [9.17, 15) is 9.59 Å². The van der Waals surface area contributed by atoms with Crippen molar-refractivity contribution in [3.05, 3.63) is 102 Å². The van der Waals surface area contributed by atoms with Crippen molar-refractivity contribution in [3.8, 4) is 0 Å². The quantitative estimate of drug-likeness (QED) is 0.642. The van der Waals surface area contributed by atoms with Crippen molar-refractivity contribution in [2.24, 2.45) is 5.92 Å². The summed E-state index contributed by atoms with van der Waals surface area (Å²) in [7, 11) is 0. The van der Waals surface area contributed by atoms with Gasteiger partial charge in [0.05, 0.1) is 12.0 Å². The lowest BCUT2D eigenvalue weighted by Crippen LogP contribution is -2.58. The monoisotopic (exact) mass is 386 g/mol. The molecule has 0 aromatic heterocycles. The van der Waals surface area contributed by atoms with Crippen LogP contribution in [0.4, 0.5) is 10.5 Å². The maximum absolute atomic E-state index is 12.9. The fraction of sp³-hybridized carbons (Fsp3) is 0.167. The third-order valence-corrected chi connectivity index (χ3v) is 5.07. The molecule has 1 N–H and O–H groups in total. The van der Waals surface area contributed by atoms with Gasteiger partial charge < -0.3 is 15.0 Å². The van der Waals surface area contributed by atoms with Crippen LogP contribution in [-0.2, 0) is 16.1 Å². The number of benzene rings is 3. The van der Waals surface area contributed by atoms with Gasteiger partial charge in [-0.3, -0.25) is 4.79 Å². The summed E-state index contributed by atoms with van der Waals surface area (Å²) in [5, 5.41) is 2.75. The molecule has 0 radical (unpaired) electrons. The lowest BCUT2D eigenvalue weighted by atomic mass is 9.81. The molecule has 4 rings (SSSR count). The molecule has 0 unspecified atom stereocenters. The predicted octanol–water partition coefficient (Wildman–Crippen LogP) is 4.32. The van der Waals surface area contributed by atoms with Crippen molar-refractivity contribution < 1.29 is 14.3 Å². The zero-order valence-electron chi connectivity index (χ0n) is 15.9. The minimum Gasteiger partial charge on any atom is -0.445 e. The van der Waals surface area contributed by atoms with Gasteiger partial charge in [-0.25, -0.2) is 4.79 Å². The molecule has 3 aromatic rings. The van der Waals surface area contributed by atoms with Crippen molar-refractivity contribution in [2.45, 2.75) is 12.6 Å². The van der Waals surface area contributed by atoms with Gasteiger partial charge in [0.15, 0.2) is 0 Å². The van der Waals surface area contributed by atoms with Gasteiger partial charge in [-0.05, 0) is 23.3 Å². The van der Waals surface area contributed by atoms with Crippen molar-refractivity contribution in [2.75, 3.05) is 11.4 Å². The van der Waals surface area contributed by atoms with Gasteiger partial charge in [0.1, 0.15) is 6.61 Å². The molecule has 1 aliphatic heterocycles. The molecule has 1 fully saturated rings. The standard InChI is InChI=1S/C24H22N2O3/c27-23-21(16-25-24(28)29-17-18-10-4-1-5-11-18)22(19-12-6-2-7-13-19)26(23)20-14-8-3-9-15-20/h1-15,21-22H,16-17H2,(H,25,28)/t21-,22-/m0/s1. The van der Waals surface area contributed by atoms with Crippen LogP contribution in [0.3, 0.4) is 0 Å². The number of alkyl carbamates (subject to hydrolysis) is 1. The number of nitrogens with one attached hydrogen (secondary N) is 1. The number of para-hydroxylation sites is 1. The maximum Gasteiger partial charge on any atom is 0.407 e. The van der Waals surface area contributed by atoms with E-state index in [-0.39, 0.29) is 31.0 Å². The van der Waals surface area contributed by atoms with Crippen LogP contribution >= 0.6 is 0 Å². The Labute approximate surface area is 169 Å². The molecule has 2 amide bonds. The van der Waals surface area contributed by atoms with E-state index in [2.05, 4.69) is 5.32 Å². The Morgan fingerprint density at radius 3 is 2.10 bits per heavy atom. The normalized spacial score (nSPS) is 18.1. The summed E-state index contributed by atoms with van der Waals surface area (Å²) in [5.41, 5.74) is 2.81. The van der Waals surface area contributed by atoms with Crippen molar-refractivity contribution in [1.82, 2.24) is 5.32 Å². The average Bonchev–Trinajstić information content (AvgIpc) is 2.78. The number of carbonyl (C=O) groups is 2. The van der Waals surface area contributed by atoms with Gasteiger partial charge in [-0.1, -0.05) is 78.9 Å². The molecule has 1 aliphatic rings. The summed E-state index contributed by atoms with van der Waals surface area (Å²) in [4.78, 5) is 26.8. The number of carbonyl (C=O) groups excluding carboxylic acids is 2. The second-order valence-electron chi connectivity index (χ2n) is 6.95. The van der Waals surface area contributed by atoms with E-state index in [0.717, 1.165) is 16.8 Å². The lowest BCUT2D eigenvalue weighted by Gasteiger charge is -2.47. The highest BCUT2D eigenvalue weighted by Crippen LogP contribution is 2.42. The molecule has 0 bridgehead atoms. The Morgan fingerprint density at radius 1 is 0.862 bits per heavy atom. The summed E-state index contributed by atoms with van der Waals surface area (Å²) >= 11 is 0. The summed E-state index contributed by atoms with van der Waals surface area (Å²) in [5.74, 6) is -0.338. The van der Waals surface area contributed by atoms with Crippen LogP contribution < -0.4 is 10.2 Å². The van der Waals surface area contributed by atoms with Crippen molar-refractivity contribution in [3.63, 3.8) is 0 Å². The maximum atomic E-state index is 12.9. The number of hydrogen-bond donors (Lipinski definition) is 1. The SMILES string of the molecule is O=C(NC[C@@H]1C(=O)N(c2ccccc2)[C@H]1c1ccccc1)OCc1ccccc1. The minimum absolute atomic E-state index is 0.00610. The Morgan fingerprint density at radius 2 is 1.45 bits per heavy atom. The molecule has 5 nitrogen and oxygen atoms in total. The molecular weight excluding hydrogens is 364 g/mol. The Balaban J connectivity index is 1.42. The number of amides is 2. The number of anilines is 1. The molecule has 1 saturated heterocycles. The van der Waals surface area contributed by atoms with E-state index in [1.54, 1.807) is 4.90 Å². The molecular formula is C24H22N2O3. The molecule has 0 aliphatic carbocycles. The zero-order chi connectivity index (χ0) is 20.1. The predicted molar refractivity (Wildman–Crippen MR) is 111 cm³/mol. The van der Waals surface area contributed by atoms with E-state index in [4.69, 9.17) is 4.74 Å². The zero-order valence-corrected chi connectivity index (χ0v) is 15.9. The third-order valence-electron chi connectivity index (χ3n) is 5.07. The molecule has 146 valence electrons. The molecule has 3 aromatic carbocycles. The fourth-order valence-corrected chi connectivity index (χ4v) is 3.62. The largest absolute Gasteiger partial charge is 0.445 e. The number of hydrogen-bond acceptors (Lipinski definition) is 3. The van der Waals surface area contributed by atoms with E-state index >= 15 is 0 Å². The van der Waals surface area contributed by atoms with E-state index in [1.165, 1.54) is 0 Å². The Hall–Kier alpha value is -3.60. The van der Waals surface area contributed by atoms with Gasteiger partial charge in [0.25, 0.3) is 0 Å². The molecule has 0 saturated carbocycles. The molecule has 0 spiro atoms. The Bertz CT molecular complexity index is 961. The average molecular weight is 386 g/mol. The first-order valence-corrected chi connectivity index (χ1v) is 9.61. The Kier molecular flexibility index (Phi) is 5.56. The van der Waals surface area contributed by atoms with E-state index in [0.29, 0.717) is 0 Å². The summed E-state index contributed by atoms with van der Waals surface area (Å²) in [6.45, 7) is 0.429. The topological polar surface area (TPSA) is 58.6 Å². The lowest BCUT2D eigenvalue weighted by molar-refractivity contribution is -0.130. The number of β-lactam (4-membered cyclic amide) rings is 1. The van der Waals surface area contributed by atoms with Gasteiger partial charge in [0, 0.05) is 12.2 Å². The van der Waals surface area contributed by atoms with Crippen LogP contribution in [-0.4, -0.2) is 18.5 Å². The van der Waals surface area contributed by atoms with Crippen LogP contribution in [0.25, 0.3) is 0 Å². The third kappa shape index (κ3) is 4.14. The minimum atomic E-state index is -0.522. The molecule has 2 atom stereocenters. The molecule has 1 heterocycles. The van der Waals surface area contributed by atoms with Crippen LogP contribution in [0.2, 0.25) is 0 Å². The van der Waals surface area contributed by atoms with Crippen LogP contribution in [0, 0.1) is 5.92 Å². The first-order chi connectivity index (χ1) is 14.2. The van der Waals surface area contributed by atoms with Crippen molar-refractivity contribution in [1.29, 1.82) is 0 Å². The van der Waals surface area contributed by atoms with Gasteiger partial charge in [-0.2, -0.15) is 0 Å². The van der Waals surface area contributed by atoms with Gasteiger partial charge in [0.2, 0.25) is 5.91 Å². The summed E-state index contributed by atoms with van der Waals surface area (Å²) in [6, 6.07) is 28.8. The van der Waals surface area contributed by atoms with Gasteiger partial charge >= 0.3 is 6.09 Å². The van der Waals surface area contributed by atoms with Gasteiger partial charge in [-0.15, -0.1) is 0 Å². The molecule has 5 heteroatoms. The van der Waals surface area contributed by atoms with E-state index < -0.39 is 6.09 Å². The summed E-state index contributed by atoms with van der Waals surface area (Å²) in [6.07, 6.45) is -0.522. The van der Waals surface area contributed by atoms with Crippen molar-refractivity contribution >= 4 is 17.7 Å². The first-order valence-electron chi connectivity index (χ1n) is 9.61. The van der Waals surface area contributed by atoms with E-state index in [1.807, 2.05) is 91.0 Å². The molecule has 29 heavy (non-hydrogen) atoms. The summed E-state index contributed by atoms with van der Waals surface area (Å²) < 4.78 is 5.26. The second-order valence-corrected chi connectivity index (χ2v) is 6.95. The number of rotatable bonds is 6. The highest BCUT2D eigenvalue weighted by molar-refractivity contribution is 6.03. The second kappa shape index (κ2) is 8.61. The highest BCUT2D eigenvalue weighted by atomic mass is 16.5. The number of ether oxygens (including phenoxy) is 1. The number of nitrogens with zero attached hydrogens (tertiary/aromatic N) is 1. The van der Waals surface area contributed by atoms with Crippen LogP contribution in [0.15, 0.2) is 91.0 Å². The van der Waals surface area contributed by atoms with Crippen LogP contribution in [0.5, 0.6) is 0 Å². The highest BCUT2D eigenvalue weighted by Gasteiger charge is 2.48. The first kappa shape index (κ1) is 18.7. The smallest absolute Gasteiger partial charge is 0.407 e. The fourth-order valence-electron chi connectivity index (χ4n) is 3.62. The van der Waals surface area contributed by atoms with Crippen LogP contribution in [0.1, 0.15) is 17.2 Å².